The molecule has 2 aromatic heterocycles. The van der Waals surface area contributed by atoms with Crippen molar-refractivity contribution in [3.63, 3.8) is 0 Å². The Morgan fingerprint density at radius 3 is 2.75 bits per heavy atom. The number of nitrogens with zero attached hydrogens (tertiary/aromatic N) is 1. The maximum absolute atomic E-state index is 12.4. The van der Waals surface area contributed by atoms with Gasteiger partial charge < -0.3 is 9.51 Å². The summed E-state index contributed by atoms with van der Waals surface area (Å²) in [6, 6.07) is 17.6. The molecule has 2 heterocycles. The molecule has 5 nitrogen and oxygen atoms in total. The van der Waals surface area contributed by atoms with Gasteiger partial charge in [-0.2, -0.15) is 0 Å². The molecular weight excluding hydrogens is 302 g/mol. The molecule has 0 atom stereocenters. The van der Waals surface area contributed by atoms with E-state index in [0.29, 0.717) is 5.88 Å². The smallest absolute Gasteiger partial charge is 0.239 e. The standard InChI is InChI=1S/C19H15N3O2/c23-18(10-14-11-20-17-9-5-4-8-15(14)17)22-19-16(12-21-24-19)13-6-2-1-3-7-13/h1-9,11-12,20H,10H2,(H,22,23). The van der Waals surface area contributed by atoms with Crippen molar-refractivity contribution in [2.24, 2.45) is 0 Å². The van der Waals surface area contributed by atoms with Crippen molar-refractivity contribution < 1.29 is 9.32 Å². The SMILES string of the molecule is O=C(Cc1c[nH]c2ccccc12)Nc1oncc1-c1ccccc1. The van der Waals surface area contributed by atoms with Gasteiger partial charge in [0.15, 0.2) is 0 Å². The molecule has 0 aliphatic heterocycles. The number of carbonyl (C=O) groups excluding carboxylic acids is 1. The summed E-state index contributed by atoms with van der Waals surface area (Å²) in [6.45, 7) is 0. The van der Waals surface area contributed by atoms with Gasteiger partial charge in [-0.3, -0.25) is 10.1 Å². The van der Waals surface area contributed by atoms with E-state index in [0.717, 1.165) is 27.6 Å². The fourth-order valence-electron chi connectivity index (χ4n) is 2.77. The van der Waals surface area contributed by atoms with Gasteiger partial charge in [-0.15, -0.1) is 0 Å². The molecule has 0 aliphatic carbocycles. The molecule has 0 unspecified atom stereocenters. The van der Waals surface area contributed by atoms with E-state index in [1.807, 2.05) is 60.8 Å². The maximum atomic E-state index is 12.4. The number of hydrogen-bond donors (Lipinski definition) is 2. The van der Waals surface area contributed by atoms with Crippen LogP contribution < -0.4 is 5.32 Å². The lowest BCUT2D eigenvalue weighted by atomic mass is 10.1. The summed E-state index contributed by atoms with van der Waals surface area (Å²) in [7, 11) is 0. The average Bonchev–Trinajstić information content (AvgIpc) is 3.23. The first-order chi connectivity index (χ1) is 11.8. The lowest BCUT2D eigenvalue weighted by Gasteiger charge is -2.04. The van der Waals surface area contributed by atoms with E-state index in [2.05, 4.69) is 15.5 Å². The molecule has 0 fully saturated rings. The quantitative estimate of drug-likeness (QED) is 0.597. The van der Waals surface area contributed by atoms with Crippen LogP contribution in [0.3, 0.4) is 0 Å². The van der Waals surface area contributed by atoms with Crippen LogP contribution in [-0.2, 0) is 11.2 Å². The van der Waals surface area contributed by atoms with Crippen molar-refractivity contribution >= 4 is 22.7 Å². The lowest BCUT2D eigenvalue weighted by molar-refractivity contribution is -0.115. The highest BCUT2D eigenvalue weighted by Gasteiger charge is 2.15. The van der Waals surface area contributed by atoms with Gasteiger partial charge in [0.1, 0.15) is 0 Å². The Kier molecular flexibility index (Phi) is 3.59. The van der Waals surface area contributed by atoms with Crippen molar-refractivity contribution in [2.45, 2.75) is 6.42 Å². The monoisotopic (exact) mass is 317 g/mol. The number of H-pyrrole nitrogens is 1. The molecule has 0 saturated heterocycles. The molecule has 2 N–H and O–H groups in total. The number of hydrogen-bond acceptors (Lipinski definition) is 3. The number of aromatic nitrogens is 2. The number of aromatic amines is 1. The number of fused-ring (bicyclic) bond motifs is 1. The van der Waals surface area contributed by atoms with Crippen LogP contribution in [0.4, 0.5) is 5.88 Å². The molecule has 24 heavy (non-hydrogen) atoms. The molecule has 0 bridgehead atoms. The Bertz CT molecular complexity index is 986. The van der Waals surface area contributed by atoms with Crippen molar-refractivity contribution in [1.82, 2.24) is 10.1 Å². The van der Waals surface area contributed by atoms with Crippen LogP contribution in [0.15, 0.2) is 71.5 Å². The Hall–Kier alpha value is -3.34. The summed E-state index contributed by atoms with van der Waals surface area (Å²) in [5, 5.41) is 7.66. The minimum atomic E-state index is -0.145. The summed E-state index contributed by atoms with van der Waals surface area (Å²) < 4.78 is 5.21. The molecule has 4 rings (SSSR count). The van der Waals surface area contributed by atoms with E-state index >= 15 is 0 Å². The Balaban J connectivity index is 1.54. The van der Waals surface area contributed by atoms with E-state index in [1.54, 1.807) is 6.20 Å². The van der Waals surface area contributed by atoms with Crippen LogP contribution >= 0.6 is 0 Å². The van der Waals surface area contributed by atoms with E-state index in [-0.39, 0.29) is 12.3 Å². The molecule has 0 radical (unpaired) electrons. The topological polar surface area (TPSA) is 70.9 Å². The van der Waals surface area contributed by atoms with Gasteiger partial charge >= 0.3 is 0 Å². The zero-order valence-electron chi connectivity index (χ0n) is 12.8. The van der Waals surface area contributed by atoms with Gasteiger partial charge in [-0.25, -0.2) is 0 Å². The second-order valence-corrected chi connectivity index (χ2v) is 5.52. The summed E-state index contributed by atoms with van der Waals surface area (Å²) in [4.78, 5) is 15.6. The highest BCUT2D eigenvalue weighted by atomic mass is 16.5. The summed E-state index contributed by atoms with van der Waals surface area (Å²) in [5.41, 5.74) is 3.68. The average molecular weight is 317 g/mol. The maximum Gasteiger partial charge on any atom is 0.239 e. The number of para-hydroxylation sites is 1. The minimum Gasteiger partial charge on any atom is -0.361 e. The van der Waals surface area contributed by atoms with Gasteiger partial charge in [0.2, 0.25) is 11.8 Å². The molecule has 0 aliphatic rings. The molecule has 118 valence electrons. The largest absolute Gasteiger partial charge is 0.361 e. The first-order valence-electron chi connectivity index (χ1n) is 7.66. The first kappa shape index (κ1) is 14.3. The zero-order valence-corrected chi connectivity index (χ0v) is 12.8. The van der Waals surface area contributed by atoms with Crippen LogP contribution in [0.1, 0.15) is 5.56 Å². The number of benzene rings is 2. The van der Waals surface area contributed by atoms with E-state index in [9.17, 15) is 4.79 Å². The Morgan fingerprint density at radius 2 is 1.88 bits per heavy atom. The fraction of sp³-hybridized carbons (Fsp3) is 0.0526. The number of amides is 1. The van der Waals surface area contributed by atoms with Gasteiger partial charge in [-0.05, 0) is 17.2 Å². The second kappa shape index (κ2) is 6.04. The third-order valence-electron chi connectivity index (χ3n) is 3.93. The van der Waals surface area contributed by atoms with Crippen LogP contribution in [0.2, 0.25) is 0 Å². The molecular formula is C19H15N3O2. The fourth-order valence-corrected chi connectivity index (χ4v) is 2.77. The summed E-state index contributed by atoms with van der Waals surface area (Å²) in [5.74, 6) is 0.222. The number of carbonyl (C=O) groups is 1. The Labute approximate surface area is 138 Å². The highest BCUT2D eigenvalue weighted by Crippen LogP contribution is 2.27. The van der Waals surface area contributed by atoms with Crippen LogP contribution in [0.25, 0.3) is 22.0 Å². The van der Waals surface area contributed by atoms with Crippen molar-refractivity contribution in [3.8, 4) is 11.1 Å². The van der Waals surface area contributed by atoms with Crippen LogP contribution in [-0.4, -0.2) is 16.0 Å². The normalized spacial score (nSPS) is 10.8. The van der Waals surface area contributed by atoms with Gasteiger partial charge in [0, 0.05) is 17.1 Å². The highest BCUT2D eigenvalue weighted by molar-refractivity contribution is 5.97. The number of rotatable bonds is 4. The van der Waals surface area contributed by atoms with Crippen molar-refractivity contribution in [2.75, 3.05) is 5.32 Å². The molecule has 0 saturated carbocycles. The predicted octanol–water partition coefficient (Wildman–Crippen LogP) is 4.00. The van der Waals surface area contributed by atoms with Crippen LogP contribution in [0.5, 0.6) is 0 Å². The molecule has 0 spiro atoms. The van der Waals surface area contributed by atoms with Gasteiger partial charge in [0.25, 0.3) is 0 Å². The molecule has 2 aromatic carbocycles. The number of nitrogens with one attached hydrogen (secondary N) is 2. The lowest BCUT2D eigenvalue weighted by Crippen LogP contribution is -2.14. The van der Waals surface area contributed by atoms with Crippen molar-refractivity contribution in [1.29, 1.82) is 0 Å². The van der Waals surface area contributed by atoms with Crippen molar-refractivity contribution in [3.05, 3.63) is 72.6 Å². The predicted molar refractivity (Wildman–Crippen MR) is 92.6 cm³/mol. The van der Waals surface area contributed by atoms with E-state index in [1.165, 1.54) is 0 Å². The zero-order chi connectivity index (χ0) is 16.4. The van der Waals surface area contributed by atoms with Gasteiger partial charge in [-0.1, -0.05) is 53.7 Å². The summed E-state index contributed by atoms with van der Waals surface area (Å²) >= 11 is 0. The minimum absolute atomic E-state index is 0.145. The molecule has 4 aromatic rings. The van der Waals surface area contributed by atoms with Gasteiger partial charge in [0.05, 0.1) is 18.2 Å². The van der Waals surface area contributed by atoms with E-state index in [4.69, 9.17) is 4.52 Å². The summed E-state index contributed by atoms with van der Waals surface area (Å²) in [6.07, 6.45) is 3.73. The number of anilines is 1. The second-order valence-electron chi connectivity index (χ2n) is 5.52. The molecule has 1 amide bonds. The first-order valence-corrected chi connectivity index (χ1v) is 7.66. The third-order valence-corrected chi connectivity index (χ3v) is 3.93. The van der Waals surface area contributed by atoms with E-state index < -0.39 is 0 Å². The molecule has 5 heteroatoms. The Morgan fingerprint density at radius 1 is 1.08 bits per heavy atom. The third kappa shape index (κ3) is 2.67. The van der Waals surface area contributed by atoms with Crippen LogP contribution in [0, 0.1) is 0 Å².